The highest BCUT2D eigenvalue weighted by molar-refractivity contribution is 7.14. The molecule has 0 fully saturated rings. The summed E-state index contributed by atoms with van der Waals surface area (Å²) >= 11 is 1.09. The Balaban J connectivity index is 1.72. The molecule has 0 unspecified atom stereocenters. The van der Waals surface area contributed by atoms with Crippen LogP contribution in [0.25, 0.3) is 11.0 Å². The first kappa shape index (κ1) is 16.8. The quantitative estimate of drug-likeness (QED) is 0.652. The molecule has 1 N–H and O–H groups in total. The van der Waals surface area contributed by atoms with Gasteiger partial charge in [-0.2, -0.15) is 5.10 Å². The number of nitrogens with zero attached hydrogens (tertiary/aromatic N) is 5. The number of esters is 1. The van der Waals surface area contributed by atoms with Gasteiger partial charge in [-0.15, -0.1) is 11.3 Å². The van der Waals surface area contributed by atoms with Crippen molar-refractivity contribution < 1.29 is 14.3 Å². The van der Waals surface area contributed by atoms with Crippen molar-refractivity contribution in [2.45, 2.75) is 13.5 Å². The molecule has 130 valence electrons. The van der Waals surface area contributed by atoms with E-state index in [4.69, 9.17) is 4.74 Å². The number of aromatic nitrogens is 5. The standard InChI is InChI=1S/C14H14N6O4S/c1-3-24-13(23)9-6-25-14(17-9)18-10(21)5-20-7-15-11-8(12(20)22)4-16-19(11)2/h4,6-7H,3,5H2,1-2H3,(H,17,18,21). The fourth-order valence-electron chi connectivity index (χ4n) is 2.12. The average molecular weight is 362 g/mol. The lowest BCUT2D eigenvalue weighted by atomic mass is 10.4. The lowest BCUT2D eigenvalue weighted by Crippen LogP contribution is -2.27. The van der Waals surface area contributed by atoms with Gasteiger partial charge < -0.3 is 10.1 Å². The van der Waals surface area contributed by atoms with Crippen molar-refractivity contribution in [2.75, 3.05) is 11.9 Å². The van der Waals surface area contributed by atoms with E-state index in [0.717, 1.165) is 11.3 Å². The average Bonchev–Trinajstić information content (AvgIpc) is 3.18. The predicted molar refractivity (Wildman–Crippen MR) is 89.5 cm³/mol. The minimum Gasteiger partial charge on any atom is -0.461 e. The number of ether oxygens (including phenoxy) is 1. The van der Waals surface area contributed by atoms with Gasteiger partial charge >= 0.3 is 5.97 Å². The number of rotatable bonds is 5. The third-order valence-electron chi connectivity index (χ3n) is 3.27. The summed E-state index contributed by atoms with van der Waals surface area (Å²) in [5.41, 5.74) is 0.207. The van der Waals surface area contributed by atoms with Gasteiger partial charge in [-0.25, -0.2) is 14.8 Å². The number of hydrogen-bond acceptors (Lipinski definition) is 8. The molecule has 0 aliphatic heterocycles. The van der Waals surface area contributed by atoms with Crippen LogP contribution in [0.5, 0.6) is 0 Å². The van der Waals surface area contributed by atoms with Crippen molar-refractivity contribution in [3.05, 3.63) is 34.0 Å². The third-order valence-corrected chi connectivity index (χ3v) is 4.02. The van der Waals surface area contributed by atoms with Crippen molar-refractivity contribution >= 4 is 39.4 Å². The highest BCUT2D eigenvalue weighted by Gasteiger charge is 2.15. The molecule has 0 aromatic carbocycles. The summed E-state index contributed by atoms with van der Waals surface area (Å²) in [6, 6.07) is 0. The Bertz CT molecular complexity index is 1000. The van der Waals surface area contributed by atoms with Gasteiger partial charge in [0, 0.05) is 12.4 Å². The number of carbonyl (C=O) groups is 2. The number of carbonyl (C=O) groups excluding carboxylic acids is 2. The molecule has 0 saturated heterocycles. The lowest BCUT2D eigenvalue weighted by Gasteiger charge is -2.05. The molecule has 0 saturated carbocycles. The van der Waals surface area contributed by atoms with Gasteiger partial charge in [-0.1, -0.05) is 0 Å². The Morgan fingerprint density at radius 3 is 2.96 bits per heavy atom. The third kappa shape index (κ3) is 3.40. The Labute approximate surface area is 145 Å². The molecule has 0 atom stereocenters. The van der Waals surface area contributed by atoms with E-state index < -0.39 is 11.9 Å². The number of hydrogen-bond donors (Lipinski definition) is 1. The van der Waals surface area contributed by atoms with Crippen LogP contribution >= 0.6 is 11.3 Å². The maximum atomic E-state index is 12.3. The second kappa shape index (κ2) is 6.81. The highest BCUT2D eigenvalue weighted by atomic mass is 32.1. The molecule has 0 bridgehead atoms. The maximum absolute atomic E-state index is 12.3. The number of aryl methyl sites for hydroxylation is 1. The number of nitrogens with one attached hydrogen (secondary N) is 1. The van der Waals surface area contributed by atoms with Crippen molar-refractivity contribution in [1.29, 1.82) is 0 Å². The fourth-order valence-corrected chi connectivity index (χ4v) is 2.82. The van der Waals surface area contributed by atoms with Gasteiger partial charge in [0.15, 0.2) is 16.5 Å². The summed E-state index contributed by atoms with van der Waals surface area (Å²) in [6.07, 6.45) is 2.70. The van der Waals surface area contributed by atoms with Crippen LogP contribution < -0.4 is 10.9 Å². The summed E-state index contributed by atoms with van der Waals surface area (Å²) < 4.78 is 7.49. The zero-order valence-electron chi connectivity index (χ0n) is 13.4. The van der Waals surface area contributed by atoms with Crippen LogP contribution in [0, 0.1) is 0 Å². The van der Waals surface area contributed by atoms with Gasteiger partial charge in [0.05, 0.1) is 12.8 Å². The lowest BCUT2D eigenvalue weighted by molar-refractivity contribution is -0.116. The largest absolute Gasteiger partial charge is 0.461 e. The van der Waals surface area contributed by atoms with Crippen LogP contribution in [0.4, 0.5) is 5.13 Å². The van der Waals surface area contributed by atoms with E-state index in [2.05, 4.69) is 20.4 Å². The molecule has 3 rings (SSSR count). The molecule has 11 heteroatoms. The van der Waals surface area contributed by atoms with Crippen LogP contribution in [0.2, 0.25) is 0 Å². The smallest absolute Gasteiger partial charge is 0.357 e. The Kier molecular flexibility index (Phi) is 4.57. The van der Waals surface area contributed by atoms with Crippen molar-refractivity contribution in [3.8, 4) is 0 Å². The van der Waals surface area contributed by atoms with E-state index in [1.807, 2.05) is 0 Å². The van der Waals surface area contributed by atoms with Gasteiger partial charge in [-0.05, 0) is 6.92 Å². The summed E-state index contributed by atoms with van der Waals surface area (Å²) in [7, 11) is 1.68. The second-order valence-corrected chi connectivity index (χ2v) is 5.85. The van der Waals surface area contributed by atoms with E-state index >= 15 is 0 Å². The van der Waals surface area contributed by atoms with E-state index in [-0.39, 0.29) is 29.5 Å². The number of amides is 1. The molecule has 0 aliphatic rings. The minimum atomic E-state index is -0.554. The van der Waals surface area contributed by atoms with E-state index in [1.54, 1.807) is 14.0 Å². The zero-order valence-corrected chi connectivity index (χ0v) is 14.2. The first-order chi connectivity index (χ1) is 12.0. The molecule has 3 aromatic heterocycles. The van der Waals surface area contributed by atoms with Gasteiger partial charge in [0.25, 0.3) is 5.56 Å². The van der Waals surface area contributed by atoms with Crippen molar-refractivity contribution in [1.82, 2.24) is 24.3 Å². The molecule has 0 aliphatic carbocycles. The normalized spacial score (nSPS) is 10.8. The highest BCUT2D eigenvalue weighted by Crippen LogP contribution is 2.16. The first-order valence-electron chi connectivity index (χ1n) is 7.29. The molecule has 3 aromatic rings. The van der Waals surface area contributed by atoms with Crippen LogP contribution in [0.3, 0.4) is 0 Å². The monoisotopic (exact) mass is 362 g/mol. The van der Waals surface area contributed by atoms with Crippen LogP contribution in [0.15, 0.2) is 22.7 Å². The molecule has 3 heterocycles. The van der Waals surface area contributed by atoms with Crippen molar-refractivity contribution in [3.63, 3.8) is 0 Å². The maximum Gasteiger partial charge on any atom is 0.357 e. The molecule has 0 radical (unpaired) electrons. The van der Waals surface area contributed by atoms with Gasteiger partial charge in [0.1, 0.15) is 18.3 Å². The number of fused-ring (bicyclic) bond motifs is 1. The van der Waals surface area contributed by atoms with Gasteiger partial charge in [-0.3, -0.25) is 18.8 Å². The molecule has 0 spiro atoms. The van der Waals surface area contributed by atoms with Crippen molar-refractivity contribution in [2.24, 2.45) is 7.05 Å². The second-order valence-electron chi connectivity index (χ2n) is 4.99. The minimum absolute atomic E-state index is 0.123. The molecule has 25 heavy (non-hydrogen) atoms. The van der Waals surface area contributed by atoms with Crippen LogP contribution in [0.1, 0.15) is 17.4 Å². The number of thiazole rings is 1. The number of anilines is 1. The zero-order chi connectivity index (χ0) is 18.0. The molecule has 1 amide bonds. The summed E-state index contributed by atoms with van der Waals surface area (Å²) in [4.78, 5) is 44.1. The van der Waals surface area contributed by atoms with Crippen LogP contribution in [-0.4, -0.2) is 42.8 Å². The summed E-state index contributed by atoms with van der Waals surface area (Å²) in [5, 5.41) is 8.57. The van der Waals surface area contributed by atoms with E-state index in [1.165, 1.54) is 27.2 Å². The Hall–Kier alpha value is -3.08. The first-order valence-corrected chi connectivity index (χ1v) is 8.17. The van der Waals surface area contributed by atoms with E-state index in [9.17, 15) is 14.4 Å². The molecular weight excluding hydrogens is 348 g/mol. The molecular formula is C14H14N6O4S. The summed E-state index contributed by atoms with van der Waals surface area (Å²) in [6.45, 7) is 1.70. The SMILES string of the molecule is CCOC(=O)c1csc(NC(=O)Cn2cnc3c(cnn3C)c2=O)n1. The van der Waals surface area contributed by atoms with Gasteiger partial charge in [0.2, 0.25) is 5.91 Å². The predicted octanol–water partition coefficient (Wildman–Crippen LogP) is 0.402. The molecule has 10 nitrogen and oxygen atoms in total. The fraction of sp³-hybridized carbons (Fsp3) is 0.286. The Morgan fingerprint density at radius 2 is 2.20 bits per heavy atom. The van der Waals surface area contributed by atoms with E-state index in [0.29, 0.717) is 11.0 Å². The summed E-state index contributed by atoms with van der Waals surface area (Å²) in [5.74, 6) is -1.02. The topological polar surface area (TPSA) is 121 Å². The van der Waals surface area contributed by atoms with Crippen LogP contribution in [-0.2, 0) is 23.1 Å². The Morgan fingerprint density at radius 1 is 1.40 bits per heavy atom.